The van der Waals surface area contributed by atoms with Crippen molar-refractivity contribution < 1.29 is 18.3 Å². The number of fused-ring (bicyclic) bond motifs is 1. The van der Waals surface area contributed by atoms with Crippen LogP contribution in [0.25, 0.3) is 10.9 Å². The molecule has 30 heavy (non-hydrogen) atoms. The Hall–Kier alpha value is -3.42. The molecule has 0 radical (unpaired) electrons. The van der Waals surface area contributed by atoms with Gasteiger partial charge in [0.25, 0.3) is 0 Å². The first-order valence-electron chi connectivity index (χ1n) is 9.73. The number of H-pyrrole nitrogens is 1. The second-order valence-corrected chi connectivity index (χ2v) is 7.14. The van der Waals surface area contributed by atoms with E-state index in [1.807, 2.05) is 11.0 Å². The summed E-state index contributed by atoms with van der Waals surface area (Å²) >= 11 is 0. The van der Waals surface area contributed by atoms with Crippen LogP contribution in [0.2, 0.25) is 0 Å². The predicted octanol–water partition coefficient (Wildman–Crippen LogP) is 2.92. The molecule has 0 unspecified atom stereocenters. The Morgan fingerprint density at radius 2 is 1.77 bits per heavy atom. The number of anilines is 1. The lowest BCUT2D eigenvalue weighted by Gasteiger charge is -2.36. The van der Waals surface area contributed by atoms with Gasteiger partial charge in [-0.3, -0.25) is 9.59 Å². The van der Waals surface area contributed by atoms with Crippen LogP contribution in [0, 0.1) is 11.6 Å². The Bertz CT molecular complexity index is 1120. The molecule has 156 valence electrons. The molecule has 3 aromatic rings. The van der Waals surface area contributed by atoms with Crippen molar-refractivity contribution >= 4 is 22.5 Å². The van der Waals surface area contributed by atoms with Crippen molar-refractivity contribution in [2.75, 3.05) is 37.7 Å². The number of hydrogen-bond acceptors (Lipinski definition) is 4. The van der Waals surface area contributed by atoms with E-state index >= 15 is 0 Å². The summed E-state index contributed by atoms with van der Waals surface area (Å²) in [7, 11) is 0. The number of ether oxygens (including phenoxy) is 1. The molecule has 1 aliphatic heterocycles. The molecule has 0 saturated carbocycles. The topological polar surface area (TPSA) is 65.6 Å². The van der Waals surface area contributed by atoms with Gasteiger partial charge >= 0.3 is 0 Å². The second kappa shape index (κ2) is 8.52. The highest BCUT2D eigenvalue weighted by molar-refractivity contribution is 5.80. The fourth-order valence-electron chi connectivity index (χ4n) is 3.53. The third-order valence-corrected chi connectivity index (χ3v) is 5.18. The first-order chi connectivity index (χ1) is 14.5. The lowest BCUT2D eigenvalue weighted by molar-refractivity contribution is -0.132. The lowest BCUT2D eigenvalue weighted by Crippen LogP contribution is -2.49. The van der Waals surface area contributed by atoms with Crippen molar-refractivity contribution in [3.8, 4) is 5.75 Å². The molecule has 0 bridgehead atoms. The molecule has 2 heterocycles. The quantitative estimate of drug-likeness (QED) is 0.699. The molecule has 4 rings (SSSR count). The first-order valence-corrected chi connectivity index (χ1v) is 9.73. The van der Waals surface area contributed by atoms with Crippen molar-refractivity contribution in [2.24, 2.45) is 0 Å². The molecule has 1 fully saturated rings. The minimum absolute atomic E-state index is 0.00921. The van der Waals surface area contributed by atoms with Gasteiger partial charge in [-0.25, -0.2) is 8.78 Å². The van der Waals surface area contributed by atoms with Gasteiger partial charge in [-0.2, -0.15) is 0 Å². The molecule has 1 saturated heterocycles. The van der Waals surface area contributed by atoms with E-state index in [0.717, 1.165) is 17.0 Å². The van der Waals surface area contributed by atoms with Gasteiger partial charge < -0.3 is 19.5 Å². The fraction of sp³-hybridized carbons (Fsp3) is 0.273. The number of hydrogen-bond donors (Lipinski definition) is 1. The number of piperazine rings is 1. The van der Waals surface area contributed by atoms with E-state index in [9.17, 15) is 18.4 Å². The number of aromatic nitrogens is 1. The monoisotopic (exact) mass is 413 g/mol. The molecule has 1 N–H and O–H groups in total. The molecule has 1 aliphatic rings. The average molecular weight is 413 g/mol. The maximum absolute atomic E-state index is 13.4. The number of rotatable bonds is 5. The van der Waals surface area contributed by atoms with E-state index in [1.165, 1.54) is 12.1 Å². The van der Waals surface area contributed by atoms with Crippen LogP contribution in [0.1, 0.15) is 6.42 Å². The van der Waals surface area contributed by atoms with Crippen molar-refractivity contribution in [3.63, 3.8) is 0 Å². The van der Waals surface area contributed by atoms with Gasteiger partial charge in [0.2, 0.25) is 11.5 Å². The van der Waals surface area contributed by atoms with Crippen LogP contribution in [-0.2, 0) is 4.79 Å². The summed E-state index contributed by atoms with van der Waals surface area (Å²) in [6.45, 7) is 2.39. The Morgan fingerprint density at radius 3 is 2.53 bits per heavy atom. The summed E-state index contributed by atoms with van der Waals surface area (Å²) < 4.78 is 32.2. The number of aromatic amines is 1. The van der Waals surface area contributed by atoms with Crippen LogP contribution in [0.5, 0.6) is 5.75 Å². The van der Waals surface area contributed by atoms with Gasteiger partial charge in [0.1, 0.15) is 5.75 Å². The highest BCUT2D eigenvalue weighted by Crippen LogP contribution is 2.20. The van der Waals surface area contributed by atoms with Crippen LogP contribution in [0.4, 0.5) is 14.5 Å². The van der Waals surface area contributed by atoms with E-state index < -0.39 is 11.6 Å². The van der Waals surface area contributed by atoms with Crippen LogP contribution in [-0.4, -0.2) is 48.6 Å². The number of pyridine rings is 1. The molecule has 0 atom stereocenters. The number of carbonyl (C=O) groups excluding carboxylic acids is 1. The summed E-state index contributed by atoms with van der Waals surface area (Å²) in [5.74, 6) is -1.12. The number of carbonyl (C=O) groups is 1. The summed E-state index contributed by atoms with van der Waals surface area (Å²) in [5, 5.41) is 0.853. The van der Waals surface area contributed by atoms with Crippen molar-refractivity contribution in [3.05, 3.63) is 70.5 Å². The van der Waals surface area contributed by atoms with Gasteiger partial charge in [0.05, 0.1) is 13.0 Å². The van der Waals surface area contributed by atoms with Crippen LogP contribution >= 0.6 is 0 Å². The van der Waals surface area contributed by atoms with E-state index in [4.69, 9.17) is 4.74 Å². The molecular weight excluding hydrogens is 392 g/mol. The second-order valence-electron chi connectivity index (χ2n) is 7.14. The molecule has 8 heteroatoms. The Kier molecular flexibility index (Phi) is 5.65. The van der Waals surface area contributed by atoms with E-state index in [-0.39, 0.29) is 24.5 Å². The summed E-state index contributed by atoms with van der Waals surface area (Å²) in [6.07, 6.45) is 0.245. The van der Waals surface area contributed by atoms with Crippen molar-refractivity contribution in [2.45, 2.75) is 6.42 Å². The first kappa shape index (κ1) is 19.9. The maximum Gasteiger partial charge on any atom is 0.248 e. The Morgan fingerprint density at radius 1 is 0.967 bits per heavy atom. The van der Waals surface area contributed by atoms with Crippen molar-refractivity contribution in [1.82, 2.24) is 9.88 Å². The lowest BCUT2D eigenvalue weighted by atomic mass is 10.2. The number of amides is 1. The molecule has 1 amide bonds. The van der Waals surface area contributed by atoms with E-state index in [0.29, 0.717) is 37.6 Å². The Labute approximate surface area is 171 Å². The smallest absolute Gasteiger partial charge is 0.248 e. The molecule has 1 aromatic heterocycles. The standard InChI is InChI=1S/C22H21F2N3O3/c23-18-4-2-16(14-19(18)24)26-8-10-27(11-9-26)22(29)7-12-30-17-3-5-20-15(13-17)1-6-21(28)25-20/h1-6,13-14H,7-12H2,(H,25,28). The third kappa shape index (κ3) is 4.42. The zero-order valence-electron chi connectivity index (χ0n) is 16.2. The van der Waals surface area contributed by atoms with Crippen LogP contribution in [0.15, 0.2) is 53.3 Å². The number of nitrogens with zero attached hydrogens (tertiary/aromatic N) is 2. The average Bonchev–Trinajstić information content (AvgIpc) is 2.76. The van der Waals surface area contributed by atoms with Crippen LogP contribution in [0.3, 0.4) is 0 Å². The third-order valence-electron chi connectivity index (χ3n) is 5.18. The van der Waals surface area contributed by atoms with Crippen molar-refractivity contribution in [1.29, 1.82) is 0 Å². The SMILES string of the molecule is O=C(CCOc1ccc2[nH]c(=O)ccc2c1)N1CCN(c2ccc(F)c(F)c2)CC1. The number of halogens is 2. The predicted molar refractivity (Wildman–Crippen MR) is 110 cm³/mol. The van der Waals surface area contributed by atoms with Gasteiger partial charge in [-0.1, -0.05) is 0 Å². The van der Waals surface area contributed by atoms with Gasteiger partial charge in [0.15, 0.2) is 11.6 Å². The van der Waals surface area contributed by atoms with Gasteiger partial charge in [-0.15, -0.1) is 0 Å². The largest absolute Gasteiger partial charge is 0.493 e. The molecule has 6 nitrogen and oxygen atoms in total. The zero-order valence-corrected chi connectivity index (χ0v) is 16.2. The maximum atomic E-state index is 13.4. The molecule has 0 spiro atoms. The van der Waals surface area contributed by atoms with E-state index in [1.54, 1.807) is 29.2 Å². The van der Waals surface area contributed by atoms with Crippen LogP contribution < -0.4 is 15.2 Å². The molecule has 0 aliphatic carbocycles. The van der Waals surface area contributed by atoms with Gasteiger partial charge in [0, 0.05) is 54.9 Å². The van der Waals surface area contributed by atoms with Gasteiger partial charge in [-0.05, 0) is 36.4 Å². The Balaban J connectivity index is 1.26. The molecular formula is C22H21F2N3O3. The highest BCUT2D eigenvalue weighted by Gasteiger charge is 2.21. The van der Waals surface area contributed by atoms with E-state index in [2.05, 4.69) is 4.98 Å². The summed E-state index contributed by atoms with van der Waals surface area (Å²) in [4.78, 5) is 30.2. The highest BCUT2D eigenvalue weighted by atomic mass is 19.2. The minimum Gasteiger partial charge on any atom is -0.493 e. The minimum atomic E-state index is -0.872. The normalized spacial score (nSPS) is 14.2. The fourth-order valence-corrected chi connectivity index (χ4v) is 3.53. The molecule has 2 aromatic carbocycles. The number of benzene rings is 2. The summed E-state index contributed by atoms with van der Waals surface area (Å²) in [5.41, 5.74) is 1.18. The summed E-state index contributed by atoms with van der Waals surface area (Å²) in [6, 6.07) is 12.4. The number of nitrogens with one attached hydrogen (secondary N) is 1. The zero-order chi connectivity index (χ0) is 21.1.